The summed E-state index contributed by atoms with van der Waals surface area (Å²) in [4.78, 5) is 11.2. The average Bonchev–Trinajstić information content (AvgIpc) is 2.41. The molecular formula is C16H21NO4. The first-order valence-electron chi connectivity index (χ1n) is 6.74. The molecule has 0 bridgehead atoms. The lowest BCUT2D eigenvalue weighted by Gasteiger charge is -2.20. The van der Waals surface area contributed by atoms with Gasteiger partial charge in [0.2, 0.25) is 0 Å². The molecule has 5 heteroatoms. The van der Waals surface area contributed by atoms with Crippen LogP contribution in [0.15, 0.2) is 0 Å². The zero-order chi connectivity index (χ0) is 16.4. The summed E-state index contributed by atoms with van der Waals surface area (Å²) in [6.45, 7) is 8.01. The monoisotopic (exact) mass is 291 g/mol. The van der Waals surface area contributed by atoms with Crippen LogP contribution in [0.1, 0.15) is 42.5 Å². The van der Waals surface area contributed by atoms with Crippen LogP contribution in [0.5, 0.6) is 11.5 Å². The fraction of sp³-hybridized carbons (Fsp3) is 0.500. The standard InChI is InChI=1S/C16H21NO4/c1-9-10(2)15(21-12(4)18)11(3)13(14(9)19)6-7-16(5,20)8-17/h19-20H,6-7H2,1-5H3. The van der Waals surface area contributed by atoms with Crippen LogP contribution in [0.4, 0.5) is 0 Å². The van der Waals surface area contributed by atoms with Gasteiger partial charge in [-0.05, 0) is 57.2 Å². The Morgan fingerprint density at radius 2 is 1.86 bits per heavy atom. The summed E-state index contributed by atoms with van der Waals surface area (Å²) in [5.74, 6) is 0.125. The summed E-state index contributed by atoms with van der Waals surface area (Å²) in [5, 5.41) is 28.9. The van der Waals surface area contributed by atoms with Crippen molar-refractivity contribution in [2.75, 3.05) is 0 Å². The Labute approximate surface area is 124 Å². The maximum atomic E-state index is 11.2. The number of hydrogen-bond acceptors (Lipinski definition) is 5. The lowest BCUT2D eigenvalue weighted by atomic mass is 9.91. The largest absolute Gasteiger partial charge is 0.507 e. The van der Waals surface area contributed by atoms with Crippen LogP contribution in [0, 0.1) is 32.1 Å². The van der Waals surface area contributed by atoms with E-state index in [1.54, 1.807) is 20.8 Å². The van der Waals surface area contributed by atoms with E-state index in [9.17, 15) is 15.0 Å². The van der Waals surface area contributed by atoms with Gasteiger partial charge in [-0.2, -0.15) is 5.26 Å². The zero-order valence-corrected chi connectivity index (χ0v) is 13.1. The molecule has 1 unspecified atom stereocenters. The number of benzene rings is 1. The Morgan fingerprint density at radius 3 is 2.33 bits per heavy atom. The quantitative estimate of drug-likeness (QED) is 0.505. The van der Waals surface area contributed by atoms with Gasteiger partial charge in [-0.3, -0.25) is 4.79 Å². The molecule has 0 amide bonds. The zero-order valence-electron chi connectivity index (χ0n) is 13.1. The molecule has 2 N–H and O–H groups in total. The van der Waals surface area contributed by atoms with Gasteiger partial charge in [0.15, 0.2) is 0 Å². The predicted octanol–water partition coefficient (Wildman–Crippen LogP) is 2.45. The Kier molecular flexibility index (Phi) is 4.97. The van der Waals surface area contributed by atoms with Gasteiger partial charge >= 0.3 is 5.97 Å². The lowest BCUT2D eigenvalue weighted by Crippen LogP contribution is -2.22. The summed E-state index contributed by atoms with van der Waals surface area (Å²) < 4.78 is 5.23. The predicted molar refractivity (Wildman–Crippen MR) is 78.2 cm³/mol. The topological polar surface area (TPSA) is 90.6 Å². The number of aromatic hydroxyl groups is 1. The van der Waals surface area contributed by atoms with Crippen LogP contribution >= 0.6 is 0 Å². The number of hydrogen-bond donors (Lipinski definition) is 2. The second-order valence-electron chi connectivity index (χ2n) is 5.51. The maximum Gasteiger partial charge on any atom is 0.308 e. The first-order chi connectivity index (χ1) is 9.60. The highest BCUT2D eigenvalue weighted by molar-refractivity contribution is 5.72. The van der Waals surface area contributed by atoms with Crippen molar-refractivity contribution in [3.8, 4) is 17.6 Å². The summed E-state index contributed by atoms with van der Waals surface area (Å²) >= 11 is 0. The molecule has 0 aliphatic rings. The highest BCUT2D eigenvalue weighted by atomic mass is 16.5. The van der Waals surface area contributed by atoms with Crippen molar-refractivity contribution in [3.05, 3.63) is 22.3 Å². The second kappa shape index (κ2) is 6.15. The number of nitrogens with zero attached hydrogens (tertiary/aromatic N) is 1. The van der Waals surface area contributed by atoms with Gasteiger partial charge in [0, 0.05) is 12.5 Å². The summed E-state index contributed by atoms with van der Waals surface area (Å²) in [7, 11) is 0. The minimum absolute atomic E-state index is 0.120. The van der Waals surface area contributed by atoms with E-state index in [1.807, 2.05) is 6.07 Å². The third kappa shape index (κ3) is 3.73. The molecule has 0 spiro atoms. The SMILES string of the molecule is CC(=O)Oc1c(C)c(C)c(O)c(CCC(C)(O)C#N)c1C. The number of rotatable bonds is 4. The van der Waals surface area contributed by atoms with Crippen LogP contribution in [-0.4, -0.2) is 21.8 Å². The van der Waals surface area contributed by atoms with Crippen LogP contribution < -0.4 is 4.74 Å². The molecule has 5 nitrogen and oxygen atoms in total. The third-order valence-electron chi connectivity index (χ3n) is 3.69. The Balaban J connectivity index is 3.29. The third-order valence-corrected chi connectivity index (χ3v) is 3.69. The lowest BCUT2D eigenvalue weighted by molar-refractivity contribution is -0.132. The second-order valence-corrected chi connectivity index (χ2v) is 5.51. The highest BCUT2D eigenvalue weighted by Crippen LogP contribution is 2.38. The van der Waals surface area contributed by atoms with Gasteiger partial charge in [-0.1, -0.05) is 0 Å². The van der Waals surface area contributed by atoms with E-state index in [-0.39, 0.29) is 12.2 Å². The molecule has 114 valence electrons. The van der Waals surface area contributed by atoms with Crippen LogP contribution in [-0.2, 0) is 11.2 Å². The molecule has 0 heterocycles. The Bertz CT molecular complexity index is 612. The van der Waals surface area contributed by atoms with Gasteiger partial charge in [-0.25, -0.2) is 0 Å². The number of aliphatic hydroxyl groups is 1. The number of nitriles is 1. The molecule has 0 saturated heterocycles. The number of carbonyl (C=O) groups excluding carboxylic acids is 1. The van der Waals surface area contributed by atoms with Crippen molar-refractivity contribution >= 4 is 5.97 Å². The van der Waals surface area contributed by atoms with E-state index in [4.69, 9.17) is 10.00 Å². The van der Waals surface area contributed by atoms with Gasteiger partial charge < -0.3 is 14.9 Å². The molecule has 1 aromatic rings. The molecule has 1 rings (SSSR count). The van der Waals surface area contributed by atoms with E-state index in [0.717, 1.165) is 0 Å². The van der Waals surface area contributed by atoms with Gasteiger partial charge in [0.05, 0.1) is 6.07 Å². The van der Waals surface area contributed by atoms with Crippen molar-refractivity contribution in [2.45, 2.75) is 53.1 Å². The molecule has 1 aromatic carbocycles. The highest BCUT2D eigenvalue weighted by Gasteiger charge is 2.23. The van der Waals surface area contributed by atoms with Gasteiger partial charge in [0.1, 0.15) is 17.1 Å². The minimum Gasteiger partial charge on any atom is -0.507 e. The number of esters is 1. The van der Waals surface area contributed by atoms with E-state index in [1.165, 1.54) is 13.8 Å². The maximum absolute atomic E-state index is 11.2. The van der Waals surface area contributed by atoms with Gasteiger partial charge in [0.25, 0.3) is 0 Å². The van der Waals surface area contributed by atoms with E-state index < -0.39 is 11.6 Å². The van der Waals surface area contributed by atoms with Crippen molar-refractivity contribution in [1.29, 1.82) is 5.26 Å². The first-order valence-corrected chi connectivity index (χ1v) is 6.74. The molecular weight excluding hydrogens is 270 g/mol. The van der Waals surface area contributed by atoms with Crippen LogP contribution in [0.3, 0.4) is 0 Å². The fourth-order valence-electron chi connectivity index (χ4n) is 2.20. The van der Waals surface area contributed by atoms with Crippen LogP contribution in [0.25, 0.3) is 0 Å². The molecule has 0 aliphatic heterocycles. The van der Waals surface area contributed by atoms with Gasteiger partial charge in [-0.15, -0.1) is 0 Å². The van der Waals surface area contributed by atoms with Crippen molar-refractivity contribution < 1.29 is 19.7 Å². The molecule has 0 aliphatic carbocycles. The Hall–Kier alpha value is -2.06. The first kappa shape index (κ1) is 17.0. The fourth-order valence-corrected chi connectivity index (χ4v) is 2.20. The molecule has 21 heavy (non-hydrogen) atoms. The van der Waals surface area contributed by atoms with Crippen LogP contribution in [0.2, 0.25) is 0 Å². The van der Waals surface area contributed by atoms with E-state index in [2.05, 4.69) is 0 Å². The average molecular weight is 291 g/mol. The molecule has 0 fully saturated rings. The van der Waals surface area contributed by atoms with E-state index >= 15 is 0 Å². The number of ether oxygens (including phenoxy) is 1. The molecule has 0 radical (unpaired) electrons. The summed E-state index contributed by atoms with van der Waals surface area (Å²) in [6, 6.07) is 1.81. The summed E-state index contributed by atoms with van der Waals surface area (Å²) in [6.07, 6.45) is 0.494. The molecule has 0 aromatic heterocycles. The minimum atomic E-state index is -1.46. The molecule has 1 atom stereocenters. The molecule has 0 saturated carbocycles. The number of phenolic OH excluding ortho intramolecular Hbond substituents is 1. The van der Waals surface area contributed by atoms with Crippen molar-refractivity contribution in [2.24, 2.45) is 0 Å². The normalized spacial score (nSPS) is 13.4. The van der Waals surface area contributed by atoms with Crippen molar-refractivity contribution in [3.63, 3.8) is 0 Å². The smallest absolute Gasteiger partial charge is 0.308 e. The van der Waals surface area contributed by atoms with Crippen molar-refractivity contribution in [1.82, 2.24) is 0 Å². The van der Waals surface area contributed by atoms with E-state index in [0.29, 0.717) is 34.4 Å². The number of phenols is 1. The summed E-state index contributed by atoms with van der Waals surface area (Å²) in [5.41, 5.74) is 1.11. The Morgan fingerprint density at radius 1 is 1.29 bits per heavy atom. The number of carbonyl (C=O) groups is 1.